The average molecular weight is 180 g/mol. The Kier molecular flexibility index (Phi) is 1.92. The summed E-state index contributed by atoms with van der Waals surface area (Å²) in [5.41, 5.74) is 5.69. The fraction of sp³-hybridized carbons (Fsp3) is 0.375. The van der Waals surface area contributed by atoms with E-state index in [2.05, 4.69) is 5.10 Å². The summed E-state index contributed by atoms with van der Waals surface area (Å²) in [7, 11) is 0. The van der Waals surface area contributed by atoms with Gasteiger partial charge in [-0.2, -0.15) is 5.10 Å². The molecule has 0 aromatic carbocycles. The number of carbonyl (C=O) groups excluding carboxylic acids is 1. The van der Waals surface area contributed by atoms with Crippen molar-refractivity contribution in [1.29, 1.82) is 0 Å². The van der Waals surface area contributed by atoms with Crippen LogP contribution in [0.15, 0.2) is 6.20 Å². The minimum Gasteiger partial charge on any atom is -0.478 e. The van der Waals surface area contributed by atoms with Crippen molar-refractivity contribution in [3.05, 3.63) is 18.2 Å². The molecule has 13 heavy (non-hydrogen) atoms. The third-order valence-corrected chi connectivity index (χ3v) is 1.87. The van der Waals surface area contributed by atoms with E-state index in [0.717, 1.165) is 13.0 Å². The molecule has 0 fully saturated rings. The summed E-state index contributed by atoms with van der Waals surface area (Å²) in [6.45, 7) is 1.51. The van der Waals surface area contributed by atoms with E-state index >= 15 is 0 Å². The van der Waals surface area contributed by atoms with Crippen LogP contribution in [0.4, 0.5) is 0 Å². The van der Waals surface area contributed by atoms with E-state index in [-0.39, 0.29) is 0 Å². The number of hydrogen-bond acceptors (Lipinski definition) is 3. The van der Waals surface area contributed by atoms with Crippen LogP contribution in [-0.2, 0) is 11.3 Å². The van der Waals surface area contributed by atoms with Crippen molar-refractivity contribution in [2.75, 3.05) is 6.61 Å². The molecule has 5 heteroatoms. The smallest absolute Gasteiger partial charge is 0.226 e. The van der Waals surface area contributed by atoms with E-state index in [0.29, 0.717) is 18.1 Å². The Labute approximate surface area is 75.5 Å². The lowest BCUT2D eigenvalue weighted by molar-refractivity contribution is -0.114. The molecule has 1 aliphatic heterocycles. The maximum atomic E-state index is 10.6. The monoisotopic (exact) mass is 180 g/mol. The second-order valence-corrected chi connectivity index (χ2v) is 2.88. The summed E-state index contributed by atoms with van der Waals surface area (Å²) in [6, 6.07) is 0. The Bertz CT molecular complexity index is 332. The highest BCUT2D eigenvalue weighted by molar-refractivity contribution is 5.87. The molecule has 2 rings (SSSR count). The number of hydrogen-bond donors (Lipinski definition) is 1. The van der Waals surface area contributed by atoms with Crippen LogP contribution in [-0.4, -0.2) is 22.3 Å². The van der Waals surface area contributed by atoms with Gasteiger partial charge in [0.2, 0.25) is 11.8 Å². The molecule has 69 valence electrons. The topological polar surface area (TPSA) is 70.1 Å². The molecule has 1 aliphatic rings. The number of carbonyl (C=O) groups is 1. The normalized spacial score (nSPS) is 14.8. The van der Waals surface area contributed by atoms with E-state index < -0.39 is 5.91 Å². The van der Waals surface area contributed by atoms with Gasteiger partial charge in [-0.3, -0.25) is 4.79 Å². The molecule has 0 unspecified atom stereocenters. The van der Waals surface area contributed by atoms with Crippen molar-refractivity contribution in [2.45, 2.75) is 13.0 Å². The highest BCUT2D eigenvalue weighted by Crippen LogP contribution is 2.23. The largest absolute Gasteiger partial charge is 0.478 e. The van der Waals surface area contributed by atoms with Crippen molar-refractivity contribution in [3.63, 3.8) is 0 Å². The van der Waals surface area contributed by atoms with Gasteiger partial charge in [0.25, 0.3) is 0 Å². The van der Waals surface area contributed by atoms with Gasteiger partial charge in [0.15, 0.2) is 0 Å². The van der Waals surface area contributed by atoms with Crippen molar-refractivity contribution < 1.29 is 9.53 Å². The van der Waals surface area contributed by atoms with Gasteiger partial charge in [-0.25, -0.2) is 4.68 Å². The molecule has 2 N–H and O–H groups in total. The first-order chi connectivity index (χ1) is 6.27. The van der Waals surface area contributed by atoms with Crippen LogP contribution in [0.1, 0.15) is 12.0 Å². The lowest BCUT2D eigenvalue weighted by atomic mass is 10.2. The van der Waals surface area contributed by atoms with Crippen molar-refractivity contribution in [3.8, 4) is 5.88 Å². The number of ether oxygens (including phenoxy) is 1. The summed E-state index contributed by atoms with van der Waals surface area (Å²) < 4.78 is 7.09. The molecule has 2 heterocycles. The van der Waals surface area contributed by atoms with Gasteiger partial charge < -0.3 is 10.5 Å². The molecule has 0 spiro atoms. The number of fused-ring (bicyclic) bond motifs is 1. The van der Waals surface area contributed by atoms with Gasteiger partial charge in [-0.15, -0.1) is 0 Å². The molecule has 1 aromatic rings. The quantitative estimate of drug-likeness (QED) is 0.679. The van der Waals surface area contributed by atoms with Crippen molar-refractivity contribution in [1.82, 2.24) is 9.78 Å². The Hall–Kier alpha value is -1.52. The molecule has 0 saturated carbocycles. The first kappa shape index (κ1) is 8.10. The number of aryl methyl sites for hydroxylation is 1. The van der Waals surface area contributed by atoms with Gasteiger partial charge in [0.05, 0.1) is 19.2 Å². The minimum absolute atomic E-state index is 0.482. The molecule has 0 bridgehead atoms. The zero-order valence-electron chi connectivity index (χ0n) is 7.06. The van der Waals surface area contributed by atoms with Crippen LogP contribution in [0.2, 0.25) is 0 Å². The second kappa shape index (κ2) is 3.08. The summed E-state index contributed by atoms with van der Waals surface area (Å²) in [6.07, 6.45) is 3.86. The molecule has 1 aromatic heterocycles. The van der Waals surface area contributed by atoms with Crippen LogP contribution in [0.5, 0.6) is 5.88 Å². The van der Waals surface area contributed by atoms with Gasteiger partial charge in [0.1, 0.15) is 0 Å². The minimum atomic E-state index is -0.482. The summed E-state index contributed by atoms with van der Waals surface area (Å²) in [5, 5.41) is 4.06. The predicted molar refractivity (Wildman–Crippen MR) is 44.9 cm³/mol. The number of nitrogens with zero attached hydrogens (tertiary/aromatic N) is 2. The standard InChI is InChI=1S/C8H10N3O2/c9-7(12)4-6-5-10-11-2-1-3-13-8(6)11/h4-5H,1-3H2,(H2,9,12). The van der Waals surface area contributed by atoms with E-state index in [1.165, 1.54) is 6.42 Å². The molecule has 5 nitrogen and oxygen atoms in total. The summed E-state index contributed by atoms with van der Waals surface area (Å²) in [4.78, 5) is 10.6. The fourth-order valence-corrected chi connectivity index (χ4v) is 1.34. The van der Waals surface area contributed by atoms with Crippen LogP contribution >= 0.6 is 0 Å². The Balaban J connectivity index is 2.26. The SMILES string of the molecule is NC(=O)[CH]c1cnn2c1OCCC2. The third kappa shape index (κ3) is 1.49. The Morgan fingerprint density at radius 2 is 2.62 bits per heavy atom. The molecular weight excluding hydrogens is 170 g/mol. The highest BCUT2D eigenvalue weighted by Gasteiger charge is 2.17. The number of rotatable bonds is 2. The van der Waals surface area contributed by atoms with Crippen LogP contribution < -0.4 is 10.5 Å². The molecule has 1 radical (unpaired) electrons. The van der Waals surface area contributed by atoms with Gasteiger partial charge >= 0.3 is 0 Å². The molecular formula is C8H10N3O2. The number of nitrogens with two attached hydrogens (primary N) is 1. The number of amides is 1. The lowest BCUT2D eigenvalue weighted by Gasteiger charge is -2.15. The van der Waals surface area contributed by atoms with Crippen LogP contribution in [0.3, 0.4) is 0 Å². The fourth-order valence-electron chi connectivity index (χ4n) is 1.34. The lowest BCUT2D eigenvalue weighted by Crippen LogP contribution is -2.17. The maximum absolute atomic E-state index is 10.6. The van der Waals surface area contributed by atoms with Crippen LogP contribution in [0.25, 0.3) is 0 Å². The highest BCUT2D eigenvalue weighted by atomic mass is 16.5. The first-order valence-electron chi connectivity index (χ1n) is 4.10. The maximum Gasteiger partial charge on any atom is 0.226 e. The average Bonchev–Trinajstić information content (AvgIpc) is 2.48. The van der Waals surface area contributed by atoms with Gasteiger partial charge in [-0.05, 0) is 0 Å². The van der Waals surface area contributed by atoms with E-state index in [1.54, 1.807) is 10.9 Å². The molecule has 0 saturated heterocycles. The zero-order chi connectivity index (χ0) is 9.26. The van der Waals surface area contributed by atoms with E-state index in [9.17, 15) is 4.79 Å². The number of aromatic nitrogens is 2. The molecule has 0 atom stereocenters. The Morgan fingerprint density at radius 3 is 3.38 bits per heavy atom. The Morgan fingerprint density at radius 1 is 1.77 bits per heavy atom. The first-order valence-corrected chi connectivity index (χ1v) is 4.10. The molecule has 1 amide bonds. The summed E-state index contributed by atoms with van der Waals surface area (Å²) >= 11 is 0. The summed E-state index contributed by atoms with van der Waals surface area (Å²) in [5.74, 6) is 0.162. The van der Waals surface area contributed by atoms with Crippen molar-refractivity contribution in [2.24, 2.45) is 5.73 Å². The van der Waals surface area contributed by atoms with E-state index in [1.807, 2.05) is 0 Å². The second-order valence-electron chi connectivity index (χ2n) is 2.88. The third-order valence-electron chi connectivity index (χ3n) is 1.87. The number of primary amides is 1. The zero-order valence-corrected chi connectivity index (χ0v) is 7.06. The molecule has 0 aliphatic carbocycles. The van der Waals surface area contributed by atoms with Crippen LogP contribution in [0, 0.1) is 6.42 Å². The van der Waals surface area contributed by atoms with Gasteiger partial charge in [0, 0.05) is 18.5 Å². The predicted octanol–water partition coefficient (Wildman–Crippen LogP) is -0.297. The van der Waals surface area contributed by atoms with Crippen molar-refractivity contribution >= 4 is 5.91 Å². The van der Waals surface area contributed by atoms with E-state index in [4.69, 9.17) is 10.5 Å². The van der Waals surface area contributed by atoms with Gasteiger partial charge in [-0.1, -0.05) is 0 Å².